The highest BCUT2D eigenvalue weighted by atomic mass is 16.5. The Hall–Kier alpha value is -8.11. The second kappa shape index (κ2) is 16.2. The van der Waals surface area contributed by atoms with Crippen molar-refractivity contribution in [3.8, 4) is 61.8 Å². The summed E-state index contributed by atoms with van der Waals surface area (Å²) in [7, 11) is 0. The van der Waals surface area contributed by atoms with Crippen LogP contribution in [0.3, 0.4) is 0 Å². The normalized spacial score (nSPS) is 13.1. The Morgan fingerprint density at radius 3 is 1.75 bits per heavy atom. The molecule has 2 aliphatic heterocycles. The third-order valence-corrected chi connectivity index (χ3v) is 14.4. The van der Waals surface area contributed by atoms with Crippen LogP contribution in [-0.4, -0.2) is 15.6 Å². The summed E-state index contributed by atoms with van der Waals surface area (Å²) in [6, 6.07) is 70.3. The minimum absolute atomic E-state index is 0.0238. The third-order valence-electron chi connectivity index (χ3n) is 14.4. The Morgan fingerprint density at radius 1 is 0.423 bits per heavy atom. The number of fused-ring (bicyclic) bond motifs is 10. The largest absolute Gasteiger partial charge is 0.503 e. The van der Waals surface area contributed by atoms with E-state index < -0.39 is 0 Å². The molecule has 12 rings (SSSR count). The van der Waals surface area contributed by atoms with Crippen molar-refractivity contribution in [2.75, 3.05) is 0 Å². The van der Waals surface area contributed by atoms with Crippen LogP contribution in [0.5, 0.6) is 11.5 Å². The number of nitrogens with zero attached hydrogens (tertiary/aromatic N) is 4. The molecule has 346 valence electrons. The lowest BCUT2D eigenvalue weighted by Gasteiger charge is -2.24. The summed E-state index contributed by atoms with van der Waals surface area (Å²) in [5.41, 5.74) is 19.3. The first kappa shape index (κ1) is 44.1. The summed E-state index contributed by atoms with van der Waals surface area (Å²) in [5.74, 6) is 2.36. The van der Waals surface area contributed by atoms with Gasteiger partial charge >= 0.3 is 11.7 Å². The first-order valence-corrected chi connectivity index (χ1v) is 24.9. The van der Waals surface area contributed by atoms with Crippen LogP contribution >= 0.6 is 0 Å². The molecule has 5 heteroatoms. The van der Waals surface area contributed by atoms with Gasteiger partial charge in [-0.3, -0.25) is 4.57 Å². The van der Waals surface area contributed by atoms with Crippen molar-refractivity contribution in [2.24, 2.45) is 0 Å². The molecule has 0 atom stereocenters. The van der Waals surface area contributed by atoms with E-state index in [9.17, 15) is 0 Å². The third kappa shape index (κ3) is 7.51. The molecule has 4 heterocycles. The van der Waals surface area contributed by atoms with Crippen LogP contribution in [0.1, 0.15) is 79.0 Å². The van der Waals surface area contributed by atoms with E-state index in [1.807, 2.05) is 12.3 Å². The smallest absolute Gasteiger partial charge is 0.457 e. The fourth-order valence-corrected chi connectivity index (χ4v) is 10.6. The van der Waals surface area contributed by atoms with Gasteiger partial charge in [0.15, 0.2) is 0 Å². The molecule has 5 nitrogen and oxygen atoms in total. The number of para-hydroxylation sites is 2. The van der Waals surface area contributed by atoms with Gasteiger partial charge in [-0.05, 0) is 125 Å². The quantitative estimate of drug-likeness (QED) is 0.161. The lowest BCUT2D eigenvalue weighted by molar-refractivity contribution is 0.483. The molecule has 0 N–H and O–H groups in total. The topological polar surface area (TPSA) is 33.1 Å². The lowest BCUT2D eigenvalue weighted by Crippen LogP contribution is -2.14. The van der Waals surface area contributed by atoms with E-state index in [-0.39, 0.29) is 16.2 Å². The summed E-state index contributed by atoms with van der Waals surface area (Å²) in [6.45, 7) is 20.6. The SMILES string of the molecule is CC(C)(C)c1cccc(-c2cc(C(C)(C)C)cc3c2[N+]2=C=[N+](c4cccc(Oc5ccc6c7ccccc7n(-c7cc(C(C)(C)C)ccn7)c6c5)c4)c4cccc(c42)-c2ccccc2-c2ccccc2-3)c1. The van der Waals surface area contributed by atoms with Gasteiger partial charge in [-0.15, -0.1) is 0 Å². The highest BCUT2D eigenvalue weighted by Gasteiger charge is 2.44. The van der Waals surface area contributed by atoms with Gasteiger partial charge in [0.25, 0.3) is 5.69 Å². The minimum Gasteiger partial charge on any atom is -0.457 e. The van der Waals surface area contributed by atoms with Gasteiger partial charge in [0.05, 0.1) is 33.8 Å². The zero-order chi connectivity index (χ0) is 49.0. The number of hydrogen-bond acceptors (Lipinski definition) is 2. The Kier molecular flexibility index (Phi) is 10.1. The molecule has 0 bridgehead atoms. The maximum absolute atomic E-state index is 6.89. The van der Waals surface area contributed by atoms with E-state index in [1.54, 1.807) is 0 Å². The molecule has 0 fully saturated rings. The highest BCUT2D eigenvalue weighted by molar-refractivity contribution is 6.10. The van der Waals surface area contributed by atoms with Crippen LogP contribution in [0.4, 0.5) is 22.7 Å². The molecule has 10 aromatic rings. The predicted octanol–water partition coefficient (Wildman–Crippen LogP) is 17.7. The molecule has 0 aliphatic carbocycles. The number of pyridine rings is 1. The Labute approximate surface area is 417 Å². The maximum atomic E-state index is 6.89. The second-order valence-electron chi connectivity index (χ2n) is 22.3. The van der Waals surface area contributed by atoms with E-state index in [1.165, 1.54) is 61.0 Å². The van der Waals surface area contributed by atoms with Crippen LogP contribution in [0.2, 0.25) is 0 Å². The molecule has 2 aliphatic rings. The molecule has 0 spiro atoms. The summed E-state index contributed by atoms with van der Waals surface area (Å²) >= 11 is 0. The monoisotopic (exact) mass is 922 g/mol. The van der Waals surface area contributed by atoms with Crippen molar-refractivity contribution in [3.05, 3.63) is 205 Å². The number of hydrogen-bond donors (Lipinski definition) is 0. The second-order valence-corrected chi connectivity index (χ2v) is 22.3. The van der Waals surface area contributed by atoms with E-state index >= 15 is 0 Å². The van der Waals surface area contributed by atoms with Gasteiger partial charge in [-0.2, -0.15) is 0 Å². The Bertz CT molecular complexity index is 3900. The summed E-state index contributed by atoms with van der Waals surface area (Å²) in [5, 5.41) is 2.32. The Balaban J connectivity index is 1.08. The van der Waals surface area contributed by atoms with E-state index in [2.05, 4.69) is 258 Å². The van der Waals surface area contributed by atoms with Gasteiger partial charge in [0, 0.05) is 35.2 Å². The van der Waals surface area contributed by atoms with Gasteiger partial charge in [0.2, 0.25) is 11.4 Å². The van der Waals surface area contributed by atoms with Crippen LogP contribution in [0, 0.1) is 0 Å². The molecular formula is C66H58N4O+2. The van der Waals surface area contributed by atoms with Crippen LogP contribution < -0.4 is 13.9 Å². The zero-order valence-corrected chi connectivity index (χ0v) is 42.1. The number of benzene rings is 8. The van der Waals surface area contributed by atoms with Crippen LogP contribution in [0.25, 0.3) is 72.1 Å². The standard InChI is InChI=1S/C66H58N4O/c1-64(2,3)43-20-16-19-42(35-43)56-36-45(66(7,8)9)37-57-52-26-13-11-24-50(52)49-23-10-12-25-51(49)55-28-18-30-59-63(55)69(62(56)57)41-68(59)46-21-17-22-47(39-46)71-48-31-32-54-53-27-14-15-29-58(53)70(60(54)40-48)61-38-44(33-34-67-61)65(4,5)6/h10-40H,1-9H3/q+2. The number of rotatable bonds is 5. The molecule has 0 radical (unpaired) electrons. The van der Waals surface area contributed by atoms with Gasteiger partial charge < -0.3 is 4.74 Å². The van der Waals surface area contributed by atoms with E-state index in [0.717, 1.165) is 62.0 Å². The van der Waals surface area contributed by atoms with Crippen LogP contribution in [0.15, 0.2) is 188 Å². The van der Waals surface area contributed by atoms with E-state index in [0.29, 0.717) is 0 Å². The molecule has 0 amide bonds. The highest BCUT2D eigenvalue weighted by Crippen LogP contribution is 2.54. The molecular weight excluding hydrogens is 865 g/mol. The van der Waals surface area contributed by atoms with Crippen molar-refractivity contribution in [3.63, 3.8) is 0 Å². The molecule has 0 saturated heterocycles. The van der Waals surface area contributed by atoms with Gasteiger partial charge in [0.1, 0.15) is 17.3 Å². The minimum atomic E-state index is -0.125. The van der Waals surface area contributed by atoms with Crippen molar-refractivity contribution in [1.82, 2.24) is 18.7 Å². The van der Waals surface area contributed by atoms with Crippen molar-refractivity contribution >= 4 is 50.6 Å². The summed E-state index contributed by atoms with van der Waals surface area (Å²) in [4.78, 5) is 4.92. The van der Waals surface area contributed by atoms with E-state index in [4.69, 9.17) is 9.72 Å². The first-order valence-electron chi connectivity index (χ1n) is 24.9. The molecule has 2 aromatic heterocycles. The molecule has 8 aromatic carbocycles. The summed E-state index contributed by atoms with van der Waals surface area (Å²) < 4.78 is 13.7. The van der Waals surface area contributed by atoms with Gasteiger partial charge in [-0.25, -0.2) is 4.98 Å². The zero-order valence-electron chi connectivity index (χ0n) is 42.1. The van der Waals surface area contributed by atoms with Crippen molar-refractivity contribution in [2.45, 2.75) is 78.6 Å². The van der Waals surface area contributed by atoms with Crippen molar-refractivity contribution < 1.29 is 4.74 Å². The Morgan fingerprint density at radius 2 is 1.01 bits per heavy atom. The van der Waals surface area contributed by atoms with Crippen LogP contribution in [-0.2, 0) is 16.2 Å². The fourth-order valence-electron chi connectivity index (χ4n) is 10.6. The summed E-state index contributed by atoms with van der Waals surface area (Å²) in [6.07, 6.45) is 1.92. The number of aromatic nitrogens is 2. The molecule has 0 saturated carbocycles. The average molecular weight is 923 g/mol. The first-order chi connectivity index (χ1) is 34.1. The maximum Gasteiger partial charge on any atom is 0.503 e. The average Bonchev–Trinajstić information content (AvgIpc) is 3.92. The number of ether oxygens (including phenoxy) is 1. The molecule has 0 unspecified atom stereocenters. The molecule has 71 heavy (non-hydrogen) atoms. The predicted molar refractivity (Wildman–Crippen MR) is 297 cm³/mol. The lowest BCUT2D eigenvalue weighted by atomic mass is 9.80. The van der Waals surface area contributed by atoms with Gasteiger partial charge in [-0.1, -0.05) is 165 Å². The van der Waals surface area contributed by atoms with Crippen molar-refractivity contribution in [1.29, 1.82) is 0 Å². The fraction of sp³-hybridized carbons (Fsp3) is 0.182.